The SMILES string of the molecule is Cc1cc(C)cc(-c2c(C)ccc3[cH-]c(C(C)(C)C)cc23)c1.Cc1cc(C)cc(-c2c(C)ccc3[cH-]c(C(C)(C)C)cc23)c1.[Cl][Zr][Cl].[c-]1cccc2c1[Si]c1ccccc1-2. The van der Waals surface area contributed by atoms with E-state index in [0.29, 0.717) is 0 Å². The molecule has 306 valence electrons. The minimum Gasteiger partial charge on any atom is -0.184 e. The average molecular weight is 920 g/mol. The van der Waals surface area contributed by atoms with Gasteiger partial charge in [0.15, 0.2) is 0 Å². The molecule has 0 spiro atoms. The first-order valence-corrected chi connectivity index (χ1v) is 28.1. The molecule has 8 aromatic carbocycles. The van der Waals surface area contributed by atoms with E-state index in [2.05, 4.69) is 210 Å². The monoisotopic (exact) mass is 917 g/mol. The van der Waals surface area contributed by atoms with Gasteiger partial charge in [0.25, 0.3) is 0 Å². The number of rotatable bonds is 2. The fourth-order valence-corrected chi connectivity index (χ4v) is 9.69. The zero-order chi connectivity index (χ0) is 43.5. The number of hydrogen-bond acceptors (Lipinski definition) is 0. The summed E-state index contributed by atoms with van der Waals surface area (Å²) < 4.78 is 0. The van der Waals surface area contributed by atoms with Gasteiger partial charge in [-0.05, 0) is 63.5 Å². The van der Waals surface area contributed by atoms with Crippen LogP contribution in [0, 0.1) is 47.6 Å². The standard InChI is InChI=1S/2C22H25.C12H7Si.2ClH.Zr/c2*1-14-9-15(2)11-18(10-14)21-16(3)7-8-17-12-19(13-20(17)21)22(4,5)6;1-3-7-11-9(5-1)10-6-2-4-8-12(10)13-11;;;/h2*7-13H,1-6H3;1-7H;2*1H;/q3*-1;;;+2/p-2. The summed E-state index contributed by atoms with van der Waals surface area (Å²) in [5.41, 5.74) is 19.4. The Hall–Kier alpha value is -3.78. The molecule has 9 rings (SSSR count). The van der Waals surface area contributed by atoms with Crippen molar-refractivity contribution in [1.82, 2.24) is 0 Å². The molecule has 8 aromatic rings. The molecule has 2 radical (unpaired) electrons. The summed E-state index contributed by atoms with van der Waals surface area (Å²) in [6, 6.07) is 50.3. The molecule has 0 bridgehead atoms. The van der Waals surface area contributed by atoms with Crippen LogP contribution >= 0.6 is 17.0 Å². The van der Waals surface area contributed by atoms with Crippen LogP contribution in [0.15, 0.2) is 127 Å². The van der Waals surface area contributed by atoms with Gasteiger partial charge in [0, 0.05) is 0 Å². The van der Waals surface area contributed by atoms with Crippen LogP contribution in [-0.2, 0) is 31.7 Å². The molecule has 0 saturated heterocycles. The summed E-state index contributed by atoms with van der Waals surface area (Å²) in [5, 5.41) is 8.29. The van der Waals surface area contributed by atoms with Crippen LogP contribution in [-0.4, -0.2) is 9.52 Å². The number of aryl methyl sites for hydroxylation is 6. The molecule has 0 N–H and O–H groups in total. The second kappa shape index (κ2) is 19.1. The minimum absolute atomic E-state index is 0.187. The fraction of sp³-hybridized carbons (Fsp3) is 0.250. The second-order valence-electron chi connectivity index (χ2n) is 18.5. The first-order valence-electron chi connectivity index (χ1n) is 20.8. The van der Waals surface area contributed by atoms with Gasteiger partial charge in [-0.25, -0.2) is 0 Å². The first-order chi connectivity index (χ1) is 28.4. The van der Waals surface area contributed by atoms with Crippen molar-refractivity contribution < 1.29 is 20.8 Å². The van der Waals surface area contributed by atoms with Crippen molar-refractivity contribution in [3.63, 3.8) is 0 Å². The van der Waals surface area contributed by atoms with Crippen molar-refractivity contribution >= 4 is 58.5 Å². The molecule has 1 aliphatic heterocycles. The molecule has 1 aliphatic rings. The molecule has 0 nitrogen and oxygen atoms in total. The van der Waals surface area contributed by atoms with Crippen LogP contribution in [0.2, 0.25) is 0 Å². The molecular formula is C56H57Cl2SiZr-3. The average Bonchev–Trinajstić information content (AvgIpc) is 3.90. The third-order valence-corrected chi connectivity index (χ3v) is 12.7. The molecule has 60 heavy (non-hydrogen) atoms. The Morgan fingerprint density at radius 1 is 0.517 bits per heavy atom. The molecule has 0 fully saturated rings. The Kier molecular flexibility index (Phi) is 14.6. The number of fused-ring (bicyclic) bond motifs is 5. The van der Waals surface area contributed by atoms with Crippen LogP contribution in [0.5, 0.6) is 0 Å². The minimum atomic E-state index is -0.826. The number of halogens is 2. The van der Waals surface area contributed by atoms with E-state index in [1.807, 2.05) is 6.07 Å². The second-order valence-corrected chi connectivity index (χ2v) is 23.5. The molecule has 0 aromatic heterocycles. The van der Waals surface area contributed by atoms with Gasteiger partial charge in [0.05, 0.1) is 9.52 Å². The Labute approximate surface area is 381 Å². The number of hydrogen-bond donors (Lipinski definition) is 0. The third kappa shape index (κ3) is 10.6. The van der Waals surface area contributed by atoms with Gasteiger partial charge >= 0.3 is 37.9 Å². The molecule has 0 atom stereocenters. The molecule has 0 amide bonds. The Bertz CT molecular complexity index is 2540. The molecule has 0 unspecified atom stereocenters. The zero-order valence-corrected chi connectivity index (χ0v) is 42.4. The van der Waals surface area contributed by atoms with Crippen molar-refractivity contribution in [2.45, 2.75) is 93.9 Å². The Morgan fingerprint density at radius 3 is 1.37 bits per heavy atom. The maximum Gasteiger partial charge on any atom is 0.0920 e. The smallest absolute Gasteiger partial charge is 0.0920 e. The predicted molar refractivity (Wildman–Crippen MR) is 263 cm³/mol. The van der Waals surface area contributed by atoms with Crippen molar-refractivity contribution in [1.29, 1.82) is 0 Å². The Balaban J connectivity index is 0.000000150. The van der Waals surface area contributed by atoms with Crippen LogP contribution in [0.1, 0.15) is 86.1 Å². The van der Waals surface area contributed by atoms with E-state index in [1.54, 1.807) is 0 Å². The summed E-state index contributed by atoms with van der Waals surface area (Å²) >= 11 is -0.826. The van der Waals surface area contributed by atoms with Gasteiger partial charge in [0.2, 0.25) is 0 Å². The largest absolute Gasteiger partial charge is 0.184 e. The maximum absolute atomic E-state index is 4.93. The van der Waals surface area contributed by atoms with Crippen LogP contribution in [0.4, 0.5) is 0 Å². The van der Waals surface area contributed by atoms with E-state index >= 15 is 0 Å². The van der Waals surface area contributed by atoms with E-state index in [0.717, 1.165) is 9.52 Å². The molecule has 1 heterocycles. The van der Waals surface area contributed by atoms with Crippen molar-refractivity contribution in [3.8, 4) is 33.4 Å². The summed E-state index contributed by atoms with van der Waals surface area (Å²) in [7, 11) is 10.7. The topological polar surface area (TPSA) is 0 Å². The van der Waals surface area contributed by atoms with E-state index in [4.69, 9.17) is 17.0 Å². The summed E-state index contributed by atoms with van der Waals surface area (Å²) in [5.74, 6) is 0. The van der Waals surface area contributed by atoms with Crippen molar-refractivity contribution in [3.05, 3.63) is 178 Å². The van der Waals surface area contributed by atoms with E-state index < -0.39 is 20.8 Å². The number of benzene rings is 6. The van der Waals surface area contributed by atoms with E-state index in [-0.39, 0.29) is 10.8 Å². The predicted octanol–water partition coefficient (Wildman–Crippen LogP) is 15.4. The van der Waals surface area contributed by atoms with Gasteiger partial charge in [-0.2, -0.15) is 41.6 Å². The molecule has 0 saturated carbocycles. The first kappa shape index (κ1) is 45.7. The zero-order valence-electron chi connectivity index (χ0n) is 37.4. The van der Waals surface area contributed by atoms with Gasteiger partial charge in [-0.15, -0.1) is 74.6 Å². The van der Waals surface area contributed by atoms with Gasteiger partial charge < -0.3 is 0 Å². The van der Waals surface area contributed by atoms with Gasteiger partial charge in [-0.3, -0.25) is 0 Å². The van der Waals surface area contributed by atoms with E-state index in [9.17, 15) is 0 Å². The van der Waals surface area contributed by atoms with E-state index in [1.165, 1.54) is 110 Å². The maximum atomic E-state index is 4.93. The van der Waals surface area contributed by atoms with Gasteiger partial charge in [0.1, 0.15) is 0 Å². The third-order valence-electron chi connectivity index (χ3n) is 11.3. The quantitative estimate of drug-likeness (QED) is 0.120. The normalized spacial score (nSPS) is 11.8. The molecule has 4 heteroatoms. The van der Waals surface area contributed by atoms with Crippen LogP contribution in [0.25, 0.3) is 54.9 Å². The van der Waals surface area contributed by atoms with Crippen LogP contribution in [0.3, 0.4) is 0 Å². The Morgan fingerprint density at radius 2 is 0.933 bits per heavy atom. The van der Waals surface area contributed by atoms with Crippen molar-refractivity contribution in [2.24, 2.45) is 0 Å². The van der Waals surface area contributed by atoms with Crippen LogP contribution < -0.4 is 10.4 Å². The van der Waals surface area contributed by atoms with Crippen molar-refractivity contribution in [2.75, 3.05) is 0 Å². The summed E-state index contributed by atoms with van der Waals surface area (Å²) in [6.07, 6.45) is 0. The fourth-order valence-electron chi connectivity index (χ4n) is 8.38. The molecule has 0 aliphatic carbocycles. The summed E-state index contributed by atoms with van der Waals surface area (Å²) in [4.78, 5) is 0. The summed E-state index contributed by atoms with van der Waals surface area (Å²) in [6.45, 7) is 26.8. The molecular weight excluding hydrogens is 863 g/mol. The van der Waals surface area contributed by atoms with Gasteiger partial charge in [-0.1, -0.05) is 157 Å².